The maximum Gasteiger partial charge on any atom is 0.327 e. The first-order chi connectivity index (χ1) is 8.16. The van der Waals surface area contributed by atoms with E-state index >= 15 is 0 Å². The monoisotopic (exact) mass is 274 g/mol. The number of carboxylic acid groups (broad SMARTS) is 1. The summed E-state index contributed by atoms with van der Waals surface area (Å²) in [4.78, 5) is 23.9. The van der Waals surface area contributed by atoms with Gasteiger partial charge in [-0.05, 0) is 0 Å². The molecule has 94 valence electrons. The zero-order valence-electron chi connectivity index (χ0n) is 9.22. The van der Waals surface area contributed by atoms with E-state index in [4.69, 9.17) is 11.5 Å². The summed E-state index contributed by atoms with van der Waals surface area (Å²) in [6.45, 7) is 0.499. The number of urea groups is 1. The highest BCUT2D eigenvalue weighted by molar-refractivity contribution is 7.99. The van der Waals surface area contributed by atoms with Gasteiger partial charge in [-0.1, -0.05) is 5.92 Å². The number of carboxylic acids is 1. The van der Waals surface area contributed by atoms with Crippen LogP contribution in [0, 0.1) is 12.3 Å². The minimum Gasteiger partial charge on any atom is -0.480 e. The van der Waals surface area contributed by atoms with Gasteiger partial charge in [0.05, 0.1) is 11.6 Å². The number of hydrogen-bond donors (Lipinski definition) is 2. The van der Waals surface area contributed by atoms with Crippen molar-refractivity contribution in [3.8, 4) is 12.3 Å². The van der Waals surface area contributed by atoms with Crippen molar-refractivity contribution in [2.75, 3.05) is 29.7 Å². The lowest BCUT2D eigenvalue weighted by atomic mass is 10.3. The predicted molar refractivity (Wildman–Crippen MR) is 70.1 cm³/mol. The average molecular weight is 274 g/mol. The first-order valence-corrected chi connectivity index (χ1v) is 7.34. The molecule has 0 aliphatic carbocycles. The normalized spacial score (nSPS) is 18.8. The van der Waals surface area contributed by atoms with Crippen LogP contribution in [0.25, 0.3) is 0 Å². The molecule has 0 aromatic rings. The van der Waals surface area contributed by atoms with Gasteiger partial charge in [-0.2, -0.15) is 0 Å². The second kappa shape index (κ2) is 7.35. The molecule has 0 spiro atoms. The fraction of sp³-hybridized carbons (Fsp3) is 0.600. The van der Waals surface area contributed by atoms with Crippen molar-refractivity contribution in [1.82, 2.24) is 10.2 Å². The molecule has 7 heteroatoms. The van der Waals surface area contributed by atoms with Crippen LogP contribution in [0.2, 0.25) is 0 Å². The number of nitrogens with one attached hydrogen (secondary N) is 1. The van der Waals surface area contributed by atoms with E-state index in [9.17, 15) is 9.59 Å². The molecule has 1 aliphatic rings. The number of carbonyl (C=O) groups is 2. The molecule has 1 heterocycles. The first-order valence-electron chi connectivity index (χ1n) is 5.03. The van der Waals surface area contributed by atoms with Crippen molar-refractivity contribution in [3.05, 3.63) is 0 Å². The Morgan fingerprint density at radius 2 is 2.41 bits per heavy atom. The number of rotatable bonds is 5. The van der Waals surface area contributed by atoms with Gasteiger partial charge >= 0.3 is 12.0 Å². The Morgan fingerprint density at radius 3 is 3.06 bits per heavy atom. The minimum absolute atomic E-state index is 0.316. The highest BCUT2D eigenvalue weighted by atomic mass is 32.2. The molecule has 0 aromatic heterocycles. The molecule has 1 saturated heterocycles. The van der Waals surface area contributed by atoms with E-state index in [1.807, 2.05) is 0 Å². The van der Waals surface area contributed by atoms with Crippen molar-refractivity contribution in [2.24, 2.45) is 0 Å². The maximum absolute atomic E-state index is 11.7. The largest absolute Gasteiger partial charge is 0.480 e. The Kier molecular flexibility index (Phi) is 6.08. The van der Waals surface area contributed by atoms with Gasteiger partial charge in [-0.25, -0.2) is 9.59 Å². The van der Waals surface area contributed by atoms with Gasteiger partial charge in [0.1, 0.15) is 6.04 Å². The number of amides is 2. The first kappa shape index (κ1) is 14.1. The topological polar surface area (TPSA) is 69.6 Å². The van der Waals surface area contributed by atoms with Crippen LogP contribution in [0.1, 0.15) is 0 Å². The highest BCUT2D eigenvalue weighted by Crippen LogP contribution is 2.20. The molecular weight excluding hydrogens is 260 g/mol. The molecule has 0 aromatic carbocycles. The summed E-state index contributed by atoms with van der Waals surface area (Å²) in [6.07, 6.45) is 5.09. The SMILES string of the molecule is C#CCSCCNC(=O)N1CSCC1C(=O)O. The average Bonchev–Trinajstić information content (AvgIpc) is 2.77. The van der Waals surface area contributed by atoms with E-state index in [1.165, 1.54) is 16.7 Å². The third-order valence-corrected chi connectivity index (χ3v) is 4.01. The van der Waals surface area contributed by atoms with E-state index in [2.05, 4.69) is 11.2 Å². The van der Waals surface area contributed by atoms with Gasteiger partial charge in [0, 0.05) is 18.1 Å². The minimum atomic E-state index is -0.952. The predicted octanol–water partition coefficient (Wildman–Crippen LogP) is 0.522. The van der Waals surface area contributed by atoms with Gasteiger partial charge in [0.2, 0.25) is 0 Å². The van der Waals surface area contributed by atoms with Gasteiger partial charge in [-0.3, -0.25) is 0 Å². The van der Waals surface area contributed by atoms with Crippen molar-refractivity contribution in [2.45, 2.75) is 6.04 Å². The Bertz CT molecular complexity index is 330. The Hall–Kier alpha value is -1.00. The second-order valence-electron chi connectivity index (χ2n) is 3.31. The van der Waals surface area contributed by atoms with Crippen LogP contribution in [-0.4, -0.2) is 57.7 Å². The fourth-order valence-electron chi connectivity index (χ4n) is 1.31. The van der Waals surface area contributed by atoms with Gasteiger partial charge < -0.3 is 15.3 Å². The van der Waals surface area contributed by atoms with Crippen LogP contribution in [0.15, 0.2) is 0 Å². The Labute approximate surface area is 109 Å². The van der Waals surface area contributed by atoms with Crippen LogP contribution in [0.4, 0.5) is 4.79 Å². The van der Waals surface area contributed by atoms with Crippen LogP contribution in [-0.2, 0) is 4.79 Å². The lowest BCUT2D eigenvalue weighted by Gasteiger charge is -2.20. The van der Waals surface area contributed by atoms with Crippen LogP contribution in [0.3, 0.4) is 0 Å². The van der Waals surface area contributed by atoms with E-state index in [1.54, 1.807) is 11.8 Å². The quantitative estimate of drug-likeness (QED) is 0.565. The summed E-state index contributed by atoms with van der Waals surface area (Å²) in [5.41, 5.74) is 0. The molecule has 0 bridgehead atoms. The van der Waals surface area contributed by atoms with Crippen LogP contribution >= 0.6 is 23.5 Å². The van der Waals surface area contributed by atoms with Crippen molar-refractivity contribution in [3.63, 3.8) is 0 Å². The number of thioether (sulfide) groups is 2. The zero-order valence-corrected chi connectivity index (χ0v) is 10.9. The zero-order chi connectivity index (χ0) is 12.7. The summed E-state index contributed by atoms with van der Waals surface area (Å²) in [7, 11) is 0. The molecule has 2 amide bonds. The fourth-order valence-corrected chi connectivity index (χ4v) is 2.96. The molecule has 1 rings (SSSR count). The lowest BCUT2D eigenvalue weighted by Crippen LogP contribution is -2.47. The van der Waals surface area contributed by atoms with E-state index in [-0.39, 0.29) is 6.03 Å². The van der Waals surface area contributed by atoms with E-state index in [0.717, 1.165) is 5.75 Å². The van der Waals surface area contributed by atoms with Gasteiger partial charge in [-0.15, -0.1) is 29.9 Å². The summed E-state index contributed by atoms with van der Waals surface area (Å²) < 4.78 is 0. The summed E-state index contributed by atoms with van der Waals surface area (Å²) >= 11 is 3.00. The molecule has 1 aliphatic heterocycles. The highest BCUT2D eigenvalue weighted by Gasteiger charge is 2.34. The summed E-state index contributed by atoms with van der Waals surface area (Å²) in [5.74, 6) is 3.77. The van der Waals surface area contributed by atoms with Crippen molar-refractivity contribution in [1.29, 1.82) is 0 Å². The van der Waals surface area contributed by atoms with Gasteiger partial charge in [0.15, 0.2) is 0 Å². The van der Waals surface area contributed by atoms with E-state index in [0.29, 0.717) is 23.9 Å². The molecule has 1 fully saturated rings. The Balaban J connectivity index is 2.27. The van der Waals surface area contributed by atoms with E-state index < -0.39 is 12.0 Å². The number of nitrogens with zero attached hydrogens (tertiary/aromatic N) is 1. The molecule has 1 atom stereocenters. The smallest absolute Gasteiger partial charge is 0.327 e. The second-order valence-corrected chi connectivity index (χ2v) is 5.42. The molecule has 17 heavy (non-hydrogen) atoms. The van der Waals surface area contributed by atoms with Crippen molar-refractivity contribution < 1.29 is 14.7 Å². The maximum atomic E-state index is 11.7. The standard InChI is InChI=1S/C10H14N2O3S2/c1-2-4-16-5-3-11-10(15)12-7-17-6-8(12)9(13)14/h1,8H,3-7H2,(H,11,15)(H,13,14). The number of carbonyl (C=O) groups excluding carboxylic acids is 1. The number of terminal acetylenes is 1. The van der Waals surface area contributed by atoms with Gasteiger partial charge in [0.25, 0.3) is 0 Å². The third-order valence-electron chi connectivity index (χ3n) is 2.14. The molecule has 0 radical (unpaired) electrons. The summed E-state index contributed by atoms with van der Waals surface area (Å²) in [6, 6.07) is -1.03. The lowest BCUT2D eigenvalue weighted by molar-refractivity contribution is -0.140. The Morgan fingerprint density at radius 1 is 1.65 bits per heavy atom. The molecule has 5 nitrogen and oxygen atoms in total. The van der Waals surface area contributed by atoms with Crippen molar-refractivity contribution >= 4 is 35.5 Å². The van der Waals surface area contributed by atoms with Crippen LogP contribution in [0.5, 0.6) is 0 Å². The molecule has 2 N–H and O–H groups in total. The number of aliphatic carboxylic acids is 1. The molecule has 1 unspecified atom stereocenters. The summed E-state index contributed by atoms with van der Waals surface area (Å²) in [5, 5.41) is 11.6. The molecular formula is C10H14N2O3S2. The van der Waals surface area contributed by atoms with Crippen LogP contribution < -0.4 is 5.32 Å². The molecule has 0 saturated carbocycles. The number of hydrogen-bond acceptors (Lipinski definition) is 4. The third kappa shape index (κ3) is 4.40.